The average molecular weight is 287 g/mol. The van der Waals surface area contributed by atoms with Crippen molar-refractivity contribution in [1.29, 1.82) is 0 Å². The van der Waals surface area contributed by atoms with Gasteiger partial charge in [-0.05, 0) is 42.3 Å². The second-order valence-electron chi connectivity index (χ2n) is 5.26. The van der Waals surface area contributed by atoms with Gasteiger partial charge in [-0.25, -0.2) is 0 Å². The molecule has 22 heavy (non-hydrogen) atoms. The third kappa shape index (κ3) is 3.23. The minimum absolute atomic E-state index is 0.0940. The van der Waals surface area contributed by atoms with Crippen LogP contribution < -0.4 is 5.32 Å². The molecule has 0 saturated carbocycles. The molecule has 0 aliphatic heterocycles. The van der Waals surface area contributed by atoms with Gasteiger partial charge in [0.2, 0.25) is 0 Å². The number of anilines is 1. The van der Waals surface area contributed by atoms with Crippen LogP contribution in [0.5, 0.6) is 0 Å². The maximum Gasteiger partial charge on any atom is 0.255 e. The minimum Gasteiger partial charge on any atom is -0.322 e. The molecule has 0 bridgehead atoms. The third-order valence-electron chi connectivity index (χ3n) is 3.56. The van der Waals surface area contributed by atoms with Gasteiger partial charge in [0.1, 0.15) is 0 Å². The highest BCUT2D eigenvalue weighted by Crippen LogP contribution is 2.19. The summed E-state index contributed by atoms with van der Waals surface area (Å²) in [6.45, 7) is 2.02. The Morgan fingerprint density at radius 2 is 1.32 bits per heavy atom. The molecule has 108 valence electrons. The second kappa shape index (κ2) is 6.27. The Hall–Kier alpha value is -2.87. The zero-order valence-electron chi connectivity index (χ0n) is 12.4. The van der Waals surface area contributed by atoms with Crippen LogP contribution in [0.4, 0.5) is 5.69 Å². The number of rotatable bonds is 3. The summed E-state index contributed by atoms with van der Waals surface area (Å²) in [6, 6.07) is 25.5. The number of aryl methyl sites for hydroxylation is 1. The first kappa shape index (κ1) is 14.1. The lowest BCUT2D eigenvalue weighted by Gasteiger charge is -2.07. The highest BCUT2D eigenvalue weighted by atomic mass is 16.1. The van der Waals surface area contributed by atoms with E-state index in [1.807, 2.05) is 73.7 Å². The topological polar surface area (TPSA) is 29.1 Å². The fourth-order valence-corrected chi connectivity index (χ4v) is 2.28. The SMILES string of the molecule is Cc1ccc(NC(=O)c2ccc(-c3ccccc3)cc2)cc1. The molecule has 1 N–H and O–H groups in total. The lowest BCUT2D eigenvalue weighted by atomic mass is 10.0. The van der Waals surface area contributed by atoms with E-state index in [0.29, 0.717) is 5.56 Å². The molecular formula is C20H17NO. The molecule has 0 saturated heterocycles. The number of carbonyl (C=O) groups excluding carboxylic acids is 1. The molecule has 0 unspecified atom stereocenters. The summed E-state index contributed by atoms with van der Waals surface area (Å²) in [5.41, 5.74) is 4.88. The molecule has 0 aliphatic rings. The van der Waals surface area contributed by atoms with Gasteiger partial charge in [-0.2, -0.15) is 0 Å². The molecule has 3 aromatic carbocycles. The van der Waals surface area contributed by atoms with E-state index in [4.69, 9.17) is 0 Å². The van der Waals surface area contributed by atoms with Crippen molar-refractivity contribution >= 4 is 11.6 Å². The number of carbonyl (C=O) groups is 1. The summed E-state index contributed by atoms with van der Waals surface area (Å²) in [7, 11) is 0. The molecule has 0 aromatic heterocycles. The number of benzene rings is 3. The standard InChI is InChI=1S/C20H17NO/c1-15-7-13-19(14-8-15)21-20(22)18-11-9-17(10-12-18)16-5-3-2-4-6-16/h2-14H,1H3,(H,21,22). The van der Waals surface area contributed by atoms with Crippen molar-refractivity contribution in [3.05, 3.63) is 90.0 Å². The molecular weight excluding hydrogens is 270 g/mol. The number of nitrogens with one attached hydrogen (secondary N) is 1. The van der Waals surface area contributed by atoms with E-state index < -0.39 is 0 Å². The van der Waals surface area contributed by atoms with Crippen LogP contribution in [0, 0.1) is 6.92 Å². The van der Waals surface area contributed by atoms with Gasteiger partial charge < -0.3 is 5.32 Å². The normalized spacial score (nSPS) is 10.2. The minimum atomic E-state index is -0.0940. The van der Waals surface area contributed by atoms with E-state index in [-0.39, 0.29) is 5.91 Å². The lowest BCUT2D eigenvalue weighted by Crippen LogP contribution is -2.11. The van der Waals surface area contributed by atoms with Crippen molar-refractivity contribution in [3.8, 4) is 11.1 Å². The van der Waals surface area contributed by atoms with Crippen molar-refractivity contribution < 1.29 is 4.79 Å². The lowest BCUT2D eigenvalue weighted by molar-refractivity contribution is 0.102. The summed E-state index contributed by atoms with van der Waals surface area (Å²) in [5.74, 6) is -0.0940. The van der Waals surface area contributed by atoms with Gasteiger partial charge >= 0.3 is 0 Å². The Morgan fingerprint density at radius 3 is 1.95 bits per heavy atom. The summed E-state index contributed by atoms with van der Waals surface area (Å²) >= 11 is 0. The molecule has 0 heterocycles. The van der Waals surface area contributed by atoms with Crippen LogP contribution in [-0.2, 0) is 0 Å². The van der Waals surface area contributed by atoms with Crippen LogP contribution in [0.1, 0.15) is 15.9 Å². The predicted octanol–water partition coefficient (Wildman–Crippen LogP) is 4.91. The van der Waals surface area contributed by atoms with E-state index in [2.05, 4.69) is 17.4 Å². The van der Waals surface area contributed by atoms with E-state index in [1.54, 1.807) is 0 Å². The molecule has 3 aromatic rings. The average Bonchev–Trinajstić information content (AvgIpc) is 2.58. The quantitative estimate of drug-likeness (QED) is 0.728. The molecule has 0 spiro atoms. The second-order valence-corrected chi connectivity index (χ2v) is 5.26. The fourth-order valence-electron chi connectivity index (χ4n) is 2.28. The smallest absolute Gasteiger partial charge is 0.255 e. The zero-order valence-corrected chi connectivity index (χ0v) is 12.4. The third-order valence-corrected chi connectivity index (χ3v) is 3.56. The van der Waals surface area contributed by atoms with Crippen molar-refractivity contribution in [2.75, 3.05) is 5.32 Å². The van der Waals surface area contributed by atoms with Crippen molar-refractivity contribution in [2.45, 2.75) is 6.92 Å². The van der Waals surface area contributed by atoms with Gasteiger partial charge in [0, 0.05) is 11.3 Å². The maximum atomic E-state index is 12.2. The van der Waals surface area contributed by atoms with Crippen molar-refractivity contribution in [3.63, 3.8) is 0 Å². The molecule has 0 fully saturated rings. The Bertz CT molecular complexity index is 759. The van der Waals surface area contributed by atoms with Crippen molar-refractivity contribution in [1.82, 2.24) is 0 Å². The molecule has 2 nitrogen and oxygen atoms in total. The van der Waals surface area contributed by atoms with Crippen molar-refractivity contribution in [2.24, 2.45) is 0 Å². The maximum absolute atomic E-state index is 12.2. The van der Waals surface area contributed by atoms with Crippen LogP contribution >= 0.6 is 0 Å². The summed E-state index contributed by atoms with van der Waals surface area (Å²) in [4.78, 5) is 12.2. The first-order chi connectivity index (χ1) is 10.7. The Kier molecular flexibility index (Phi) is 4.01. The van der Waals surface area contributed by atoms with Gasteiger partial charge in [-0.15, -0.1) is 0 Å². The summed E-state index contributed by atoms with van der Waals surface area (Å²) in [5, 5.41) is 2.91. The van der Waals surface area contributed by atoms with Crippen LogP contribution in [0.25, 0.3) is 11.1 Å². The fraction of sp³-hybridized carbons (Fsp3) is 0.0500. The number of hydrogen-bond acceptors (Lipinski definition) is 1. The Morgan fingerprint density at radius 1 is 0.727 bits per heavy atom. The highest BCUT2D eigenvalue weighted by Gasteiger charge is 2.06. The summed E-state index contributed by atoms with van der Waals surface area (Å²) < 4.78 is 0. The molecule has 1 amide bonds. The Labute approximate surface area is 130 Å². The van der Waals surface area contributed by atoms with E-state index in [9.17, 15) is 4.79 Å². The van der Waals surface area contributed by atoms with Gasteiger partial charge in [-0.3, -0.25) is 4.79 Å². The van der Waals surface area contributed by atoms with Gasteiger partial charge in [0.25, 0.3) is 5.91 Å². The van der Waals surface area contributed by atoms with Crippen LogP contribution in [0.15, 0.2) is 78.9 Å². The highest BCUT2D eigenvalue weighted by molar-refractivity contribution is 6.04. The zero-order chi connectivity index (χ0) is 15.4. The van der Waals surface area contributed by atoms with Gasteiger partial charge in [-0.1, -0.05) is 60.2 Å². The first-order valence-electron chi connectivity index (χ1n) is 7.26. The van der Waals surface area contributed by atoms with Gasteiger partial charge in [0.05, 0.1) is 0 Å². The number of hydrogen-bond donors (Lipinski definition) is 1. The molecule has 2 heteroatoms. The van der Waals surface area contributed by atoms with Crippen LogP contribution in [0.3, 0.4) is 0 Å². The predicted molar refractivity (Wildman–Crippen MR) is 91.0 cm³/mol. The number of amides is 1. The molecule has 3 rings (SSSR count). The molecule has 0 radical (unpaired) electrons. The first-order valence-corrected chi connectivity index (χ1v) is 7.26. The monoisotopic (exact) mass is 287 g/mol. The van der Waals surface area contributed by atoms with Crippen LogP contribution in [0.2, 0.25) is 0 Å². The largest absolute Gasteiger partial charge is 0.322 e. The van der Waals surface area contributed by atoms with E-state index in [0.717, 1.165) is 16.8 Å². The van der Waals surface area contributed by atoms with Gasteiger partial charge in [0.15, 0.2) is 0 Å². The molecule has 0 aliphatic carbocycles. The van der Waals surface area contributed by atoms with E-state index >= 15 is 0 Å². The van der Waals surface area contributed by atoms with Crippen LogP contribution in [-0.4, -0.2) is 5.91 Å². The molecule has 0 atom stereocenters. The van der Waals surface area contributed by atoms with E-state index in [1.165, 1.54) is 5.56 Å². The Balaban J connectivity index is 1.75. The summed E-state index contributed by atoms with van der Waals surface area (Å²) in [6.07, 6.45) is 0.